The maximum atomic E-state index is 13.1. The van der Waals surface area contributed by atoms with Gasteiger partial charge in [-0.25, -0.2) is 4.98 Å². The van der Waals surface area contributed by atoms with Crippen molar-refractivity contribution in [3.63, 3.8) is 0 Å². The molecule has 0 aliphatic heterocycles. The summed E-state index contributed by atoms with van der Waals surface area (Å²) >= 11 is 0. The van der Waals surface area contributed by atoms with Crippen LogP contribution in [0.15, 0.2) is 60.8 Å². The van der Waals surface area contributed by atoms with Crippen LogP contribution in [0.2, 0.25) is 0 Å². The zero-order chi connectivity index (χ0) is 31.9. The number of amides is 3. The summed E-state index contributed by atoms with van der Waals surface area (Å²) in [5.74, 6) is -0.919. The molecule has 2 saturated carbocycles. The molecule has 0 saturated heterocycles. The Kier molecular flexibility index (Phi) is 7.71. The first kappa shape index (κ1) is 30.1. The largest absolute Gasteiger partial charge is 0.416 e. The summed E-state index contributed by atoms with van der Waals surface area (Å²) in [6.45, 7) is 0. The van der Waals surface area contributed by atoms with Gasteiger partial charge in [0.25, 0.3) is 5.91 Å². The lowest BCUT2D eigenvalue weighted by Gasteiger charge is -2.19. The van der Waals surface area contributed by atoms with Crippen molar-refractivity contribution in [1.29, 1.82) is 0 Å². The number of nitrogens with one attached hydrogen (secondary N) is 3. The first-order valence-electron chi connectivity index (χ1n) is 14.7. The Morgan fingerprint density at radius 2 is 1.56 bits per heavy atom. The fourth-order valence-corrected chi connectivity index (χ4v) is 5.72. The molecule has 2 aliphatic carbocycles. The van der Waals surface area contributed by atoms with Crippen molar-refractivity contribution in [3.05, 3.63) is 72.1 Å². The molecule has 0 unspecified atom stereocenters. The van der Waals surface area contributed by atoms with Crippen LogP contribution in [-0.2, 0) is 15.8 Å². The molecule has 2 aliphatic rings. The summed E-state index contributed by atoms with van der Waals surface area (Å²) < 4.78 is 41.2. The van der Waals surface area contributed by atoms with Crippen molar-refractivity contribution >= 4 is 51.8 Å². The molecule has 0 atom stereocenters. The number of anilines is 4. The Morgan fingerprint density at radius 3 is 2.18 bits per heavy atom. The lowest BCUT2D eigenvalue weighted by atomic mass is 10.0. The number of carbonyl (C=O) groups is 3. The number of rotatable bonds is 8. The van der Waals surface area contributed by atoms with Crippen LogP contribution in [0, 0.1) is 5.41 Å². The van der Waals surface area contributed by atoms with Crippen LogP contribution in [0.25, 0.3) is 11.0 Å². The number of aromatic nitrogens is 3. The predicted molar refractivity (Wildman–Crippen MR) is 163 cm³/mol. The van der Waals surface area contributed by atoms with E-state index < -0.39 is 29.0 Å². The molecule has 234 valence electrons. The number of hydrogen-bond acceptors (Lipinski definition) is 6. The van der Waals surface area contributed by atoms with Gasteiger partial charge in [0.1, 0.15) is 16.8 Å². The third-order valence-electron chi connectivity index (χ3n) is 8.36. The van der Waals surface area contributed by atoms with E-state index in [4.69, 9.17) is 4.98 Å². The van der Waals surface area contributed by atoms with Crippen LogP contribution in [-0.4, -0.2) is 51.3 Å². The SMILES string of the molecule is CN(C)C(=O)c1cc2cnc(Nc3ccc(NC(=O)C4(C(=O)Nc5cccc(C(F)(F)F)c5)CC4)cc3)nc2n1C1CCCC1. The lowest BCUT2D eigenvalue weighted by molar-refractivity contribution is -0.137. The quantitative estimate of drug-likeness (QED) is 0.197. The number of carbonyl (C=O) groups excluding carboxylic acids is 3. The molecule has 0 bridgehead atoms. The average Bonchev–Trinajstić information content (AvgIpc) is 3.49. The van der Waals surface area contributed by atoms with Gasteiger partial charge < -0.3 is 25.4 Å². The van der Waals surface area contributed by atoms with E-state index in [-0.39, 0.29) is 30.5 Å². The summed E-state index contributed by atoms with van der Waals surface area (Å²) in [6, 6.07) is 13.1. The summed E-state index contributed by atoms with van der Waals surface area (Å²) in [4.78, 5) is 49.7. The molecule has 4 aromatic rings. The first-order chi connectivity index (χ1) is 21.4. The fraction of sp³-hybridized carbons (Fsp3) is 0.344. The number of nitrogens with zero attached hydrogens (tertiary/aromatic N) is 4. The summed E-state index contributed by atoms with van der Waals surface area (Å²) in [5, 5.41) is 9.16. The number of hydrogen-bond donors (Lipinski definition) is 3. The number of halogens is 3. The smallest absolute Gasteiger partial charge is 0.343 e. The normalized spacial score (nSPS) is 15.9. The van der Waals surface area contributed by atoms with Crippen LogP contribution in [0.3, 0.4) is 0 Å². The minimum atomic E-state index is -4.55. The number of alkyl halides is 3. The molecule has 2 heterocycles. The highest BCUT2D eigenvalue weighted by Gasteiger charge is 2.56. The standard InChI is InChI=1S/C32H32F3N7O3/c1-41(2)27(43)25-16-19-18-36-30(40-26(19)42(25)24-8-3-4-9-24)39-22-12-10-21(11-13-22)37-28(44)31(14-15-31)29(45)38-23-7-5-6-20(17-23)32(33,34)35/h5-7,10-13,16-18,24H,3-4,8-9,14-15H2,1-2H3,(H,37,44)(H,38,45)(H,36,39,40). The molecule has 10 nitrogen and oxygen atoms in total. The minimum absolute atomic E-state index is 0.0271. The molecular formula is C32H32F3N7O3. The monoisotopic (exact) mass is 619 g/mol. The van der Waals surface area contributed by atoms with Crippen molar-refractivity contribution in [3.8, 4) is 0 Å². The topological polar surface area (TPSA) is 121 Å². The van der Waals surface area contributed by atoms with Crippen LogP contribution in [0.5, 0.6) is 0 Å². The Morgan fingerprint density at radius 1 is 0.911 bits per heavy atom. The highest BCUT2D eigenvalue weighted by atomic mass is 19.4. The molecule has 0 spiro atoms. The van der Waals surface area contributed by atoms with Gasteiger partial charge >= 0.3 is 6.18 Å². The van der Waals surface area contributed by atoms with E-state index in [0.717, 1.165) is 43.2 Å². The van der Waals surface area contributed by atoms with Gasteiger partial charge in [0.05, 0.1) is 5.56 Å². The molecule has 13 heteroatoms. The molecule has 6 rings (SSSR count). The summed E-state index contributed by atoms with van der Waals surface area (Å²) in [5.41, 5.74) is 0.106. The Bertz CT molecular complexity index is 1770. The molecule has 45 heavy (non-hydrogen) atoms. The number of benzene rings is 2. The van der Waals surface area contributed by atoms with Crippen molar-refractivity contribution < 1.29 is 27.6 Å². The van der Waals surface area contributed by atoms with Crippen molar-refractivity contribution in [2.24, 2.45) is 5.41 Å². The third kappa shape index (κ3) is 6.06. The van der Waals surface area contributed by atoms with E-state index in [1.165, 1.54) is 12.1 Å². The fourth-order valence-electron chi connectivity index (χ4n) is 5.72. The Labute approximate surface area is 257 Å². The van der Waals surface area contributed by atoms with Crippen molar-refractivity contribution in [2.75, 3.05) is 30.0 Å². The second kappa shape index (κ2) is 11.5. The van der Waals surface area contributed by atoms with E-state index >= 15 is 0 Å². The van der Waals surface area contributed by atoms with Crippen LogP contribution < -0.4 is 16.0 Å². The van der Waals surface area contributed by atoms with Gasteiger partial charge in [0, 0.05) is 48.8 Å². The average molecular weight is 620 g/mol. The van der Waals surface area contributed by atoms with E-state index in [2.05, 4.69) is 20.9 Å². The second-order valence-corrected chi connectivity index (χ2v) is 11.8. The van der Waals surface area contributed by atoms with Gasteiger partial charge in [0.15, 0.2) is 0 Å². The van der Waals surface area contributed by atoms with E-state index in [1.54, 1.807) is 49.5 Å². The van der Waals surface area contributed by atoms with Crippen molar-refractivity contribution in [1.82, 2.24) is 19.4 Å². The highest BCUT2D eigenvalue weighted by Crippen LogP contribution is 2.47. The first-order valence-corrected chi connectivity index (χ1v) is 14.7. The van der Waals surface area contributed by atoms with Crippen molar-refractivity contribution in [2.45, 2.75) is 50.7 Å². The predicted octanol–water partition coefficient (Wildman–Crippen LogP) is 6.37. The number of fused-ring (bicyclic) bond motifs is 1. The van der Waals surface area contributed by atoms with E-state index in [9.17, 15) is 27.6 Å². The second-order valence-electron chi connectivity index (χ2n) is 11.8. The Balaban J connectivity index is 1.14. The van der Waals surface area contributed by atoms with E-state index in [1.807, 2.05) is 10.6 Å². The van der Waals surface area contributed by atoms with Crippen LogP contribution in [0.1, 0.15) is 60.6 Å². The van der Waals surface area contributed by atoms with E-state index in [0.29, 0.717) is 28.7 Å². The highest BCUT2D eigenvalue weighted by molar-refractivity contribution is 6.17. The molecular weight excluding hydrogens is 587 g/mol. The van der Waals surface area contributed by atoms with Gasteiger partial charge in [-0.3, -0.25) is 14.4 Å². The molecule has 2 fully saturated rings. The molecule has 0 radical (unpaired) electrons. The Hall–Kier alpha value is -4.94. The zero-order valence-electron chi connectivity index (χ0n) is 24.7. The summed E-state index contributed by atoms with van der Waals surface area (Å²) in [7, 11) is 3.45. The minimum Gasteiger partial charge on any atom is -0.343 e. The van der Waals surface area contributed by atoms with Gasteiger partial charge in [-0.15, -0.1) is 0 Å². The molecule has 2 aromatic carbocycles. The molecule has 3 amide bonds. The van der Waals surface area contributed by atoms with Gasteiger partial charge in [-0.1, -0.05) is 18.9 Å². The van der Waals surface area contributed by atoms with Gasteiger partial charge in [-0.2, -0.15) is 18.2 Å². The summed E-state index contributed by atoms with van der Waals surface area (Å²) in [6.07, 6.45) is 1.86. The maximum absolute atomic E-state index is 13.1. The van der Waals surface area contributed by atoms with Crippen LogP contribution >= 0.6 is 0 Å². The molecule has 2 aromatic heterocycles. The zero-order valence-corrected chi connectivity index (χ0v) is 24.7. The molecule has 3 N–H and O–H groups in total. The van der Waals surface area contributed by atoms with Gasteiger partial charge in [0.2, 0.25) is 17.8 Å². The third-order valence-corrected chi connectivity index (χ3v) is 8.36. The maximum Gasteiger partial charge on any atom is 0.416 e. The lowest BCUT2D eigenvalue weighted by Crippen LogP contribution is -2.35. The van der Waals surface area contributed by atoms with Crippen LogP contribution in [0.4, 0.5) is 36.2 Å². The van der Waals surface area contributed by atoms with Gasteiger partial charge in [-0.05, 0) is 74.2 Å².